The van der Waals surface area contributed by atoms with Crippen molar-refractivity contribution < 1.29 is 18.7 Å². The van der Waals surface area contributed by atoms with Crippen molar-refractivity contribution in [3.63, 3.8) is 0 Å². The molecular formula is C19H17ClFNO3. The normalized spacial score (nSPS) is 10.7. The Labute approximate surface area is 150 Å². The van der Waals surface area contributed by atoms with E-state index in [0.717, 1.165) is 18.1 Å². The Morgan fingerprint density at radius 3 is 2.56 bits per heavy atom. The van der Waals surface area contributed by atoms with Crippen molar-refractivity contribution in [1.82, 2.24) is 0 Å². The number of esters is 1. The molecule has 0 spiro atoms. The SMILES string of the molecule is CCc1ccc(NC(=O)COC(=O)C=Cc2c(F)cccc2Cl)cc1. The summed E-state index contributed by atoms with van der Waals surface area (Å²) < 4.78 is 18.4. The van der Waals surface area contributed by atoms with Gasteiger partial charge in [0.2, 0.25) is 0 Å². The molecule has 4 nitrogen and oxygen atoms in total. The number of amides is 1. The van der Waals surface area contributed by atoms with Crippen molar-refractivity contribution in [3.05, 3.63) is 70.5 Å². The zero-order valence-corrected chi connectivity index (χ0v) is 14.3. The van der Waals surface area contributed by atoms with Gasteiger partial charge in [-0.05, 0) is 42.3 Å². The third-order valence-corrected chi connectivity index (χ3v) is 3.71. The van der Waals surface area contributed by atoms with Crippen LogP contribution in [0.2, 0.25) is 5.02 Å². The Hall–Kier alpha value is -2.66. The number of aryl methyl sites for hydroxylation is 1. The number of anilines is 1. The van der Waals surface area contributed by atoms with E-state index in [9.17, 15) is 14.0 Å². The van der Waals surface area contributed by atoms with Crippen LogP contribution >= 0.6 is 11.6 Å². The minimum absolute atomic E-state index is 0.0848. The minimum Gasteiger partial charge on any atom is -0.452 e. The number of benzene rings is 2. The molecule has 0 bridgehead atoms. The van der Waals surface area contributed by atoms with Crippen LogP contribution in [0.15, 0.2) is 48.5 Å². The van der Waals surface area contributed by atoms with Gasteiger partial charge in [0, 0.05) is 17.3 Å². The van der Waals surface area contributed by atoms with Crippen molar-refractivity contribution >= 4 is 35.2 Å². The summed E-state index contributed by atoms with van der Waals surface area (Å²) in [6.07, 6.45) is 3.14. The molecule has 0 radical (unpaired) electrons. The van der Waals surface area contributed by atoms with Gasteiger partial charge >= 0.3 is 5.97 Å². The van der Waals surface area contributed by atoms with E-state index in [-0.39, 0.29) is 10.6 Å². The molecule has 0 aliphatic carbocycles. The predicted molar refractivity (Wildman–Crippen MR) is 95.9 cm³/mol. The lowest BCUT2D eigenvalue weighted by atomic mass is 10.1. The highest BCUT2D eigenvalue weighted by atomic mass is 35.5. The quantitative estimate of drug-likeness (QED) is 0.618. The number of hydrogen-bond donors (Lipinski definition) is 1. The number of carbonyl (C=O) groups is 2. The maximum atomic E-state index is 13.6. The average Bonchev–Trinajstić information content (AvgIpc) is 2.60. The van der Waals surface area contributed by atoms with E-state index in [1.54, 1.807) is 12.1 Å². The van der Waals surface area contributed by atoms with Crippen LogP contribution < -0.4 is 5.32 Å². The number of hydrogen-bond acceptors (Lipinski definition) is 3. The first-order chi connectivity index (χ1) is 12.0. The molecule has 0 saturated heterocycles. The van der Waals surface area contributed by atoms with Crippen LogP contribution in [-0.4, -0.2) is 18.5 Å². The van der Waals surface area contributed by atoms with Gasteiger partial charge in [0.05, 0.1) is 5.02 Å². The highest BCUT2D eigenvalue weighted by Crippen LogP contribution is 2.20. The predicted octanol–water partition coefficient (Wildman–Crippen LogP) is 4.24. The maximum Gasteiger partial charge on any atom is 0.331 e. The second kappa shape index (κ2) is 8.99. The molecule has 0 aliphatic rings. The molecule has 0 fully saturated rings. The summed E-state index contributed by atoms with van der Waals surface area (Å²) in [4.78, 5) is 23.4. The topological polar surface area (TPSA) is 55.4 Å². The van der Waals surface area contributed by atoms with Gasteiger partial charge in [-0.25, -0.2) is 9.18 Å². The van der Waals surface area contributed by atoms with Gasteiger partial charge in [0.15, 0.2) is 6.61 Å². The van der Waals surface area contributed by atoms with Crippen molar-refractivity contribution in [1.29, 1.82) is 0 Å². The Kier molecular flexibility index (Phi) is 6.71. The molecule has 2 rings (SSSR count). The monoisotopic (exact) mass is 361 g/mol. The molecule has 1 amide bonds. The van der Waals surface area contributed by atoms with Crippen molar-refractivity contribution in [2.45, 2.75) is 13.3 Å². The van der Waals surface area contributed by atoms with Crippen LogP contribution in [0.5, 0.6) is 0 Å². The highest BCUT2D eigenvalue weighted by molar-refractivity contribution is 6.32. The summed E-state index contributed by atoms with van der Waals surface area (Å²) in [6.45, 7) is 1.60. The van der Waals surface area contributed by atoms with Crippen molar-refractivity contribution in [2.24, 2.45) is 0 Å². The number of carbonyl (C=O) groups excluding carboxylic acids is 2. The van der Waals surface area contributed by atoms with Crippen molar-refractivity contribution in [3.8, 4) is 0 Å². The Bertz CT molecular complexity index is 768. The fraction of sp³-hybridized carbons (Fsp3) is 0.158. The van der Waals surface area contributed by atoms with Gasteiger partial charge in [-0.1, -0.05) is 36.7 Å². The third-order valence-electron chi connectivity index (χ3n) is 3.38. The Morgan fingerprint density at radius 2 is 1.92 bits per heavy atom. The number of ether oxygens (including phenoxy) is 1. The first-order valence-electron chi connectivity index (χ1n) is 7.67. The Balaban J connectivity index is 1.84. The molecule has 130 valence electrons. The first-order valence-corrected chi connectivity index (χ1v) is 8.05. The molecule has 0 aromatic heterocycles. The molecule has 25 heavy (non-hydrogen) atoms. The second-order valence-corrected chi connectivity index (χ2v) is 5.58. The standard InChI is InChI=1S/C19H17ClFNO3/c1-2-13-6-8-14(9-7-13)22-18(23)12-25-19(24)11-10-15-16(20)4-3-5-17(15)21/h3-11H,2,12H2,1H3,(H,22,23). The van der Waals surface area contributed by atoms with Crippen LogP contribution in [0, 0.1) is 5.82 Å². The van der Waals surface area contributed by atoms with Crippen LogP contribution in [0.1, 0.15) is 18.1 Å². The summed E-state index contributed by atoms with van der Waals surface area (Å²) in [5, 5.41) is 2.80. The lowest BCUT2D eigenvalue weighted by Crippen LogP contribution is -2.20. The van der Waals surface area contributed by atoms with Crippen LogP contribution in [0.25, 0.3) is 6.08 Å². The highest BCUT2D eigenvalue weighted by Gasteiger charge is 2.07. The van der Waals surface area contributed by atoms with Crippen LogP contribution in [0.3, 0.4) is 0 Å². The van der Waals surface area contributed by atoms with E-state index >= 15 is 0 Å². The fourth-order valence-electron chi connectivity index (χ4n) is 2.03. The molecule has 6 heteroatoms. The van der Waals surface area contributed by atoms with Crippen molar-refractivity contribution in [2.75, 3.05) is 11.9 Å². The van der Waals surface area contributed by atoms with E-state index in [2.05, 4.69) is 5.32 Å². The van der Waals surface area contributed by atoms with Crippen LogP contribution in [0.4, 0.5) is 10.1 Å². The molecule has 0 unspecified atom stereocenters. The zero-order valence-electron chi connectivity index (χ0n) is 13.6. The second-order valence-electron chi connectivity index (χ2n) is 5.18. The third kappa shape index (κ3) is 5.72. The number of halogens is 2. The molecule has 0 saturated carbocycles. The van der Waals surface area contributed by atoms with Gasteiger partial charge in [-0.3, -0.25) is 4.79 Å². The minimum atomic E-state index is -0.768. The molecule has 2 aromatic carbocycles. The largest absolute Gasteiger partial charge is 0.452 e. The van der Waals surface area contributed by atoms with Gasteiger partial charge < -0.3 is 10.1 Å². The lowest BCUT2D eigenvalue weighted by Gasteiger charge is -2.06. The summed E-state index contributed by atoms with van der Waals surface area (Å²) in [5.41, 5.74) is 1.86. The molecule has 0 aliphatic heterocycles. The maximum absolute atomic E-state index is 13.6. The van der Waals surface area contributed by atoms with E-state index in [1.807, 2.05) is 19.1 Å². The summed E-state index contributed by atoms with van der Waals surface area (Å²) >= 11 is 5.84. The van der Waals surface area contributed by atoms with Gasteiger partial charge in [0.25, 0.3) is 5.91 Å². The molecule has 2 aromatic rings. The van der Waals surface area contributed by atoms with E-state index in [4.69, 9.17) is 16.3 Å². The molecule has 0 heterocycles. The van der Waals surface area contributed by atoms with Gasteiger partial charge in [-0.15, -0.1) is 0 Å². The molecule has 1 N–H and O–H groups in total. The summed E-state index contributed by atoms with van der Waals surface area (Å²) in [5.74, 6) is -1.78. The smallest absolute Gasteiger partial charge is 0.331 e. The molecule has 0 atom stereocenters. The lowest BCUT2D eigenvalue weighted by molar-refractivity contribution is -0.142. The van der Waals surface area contributed by atoms with Gasteiger partial charge in [-0.2, -0.15) is 0 Å². The molecular weight excluding hydrogens is 345 g/mol. The van der Waals surface area contributed by atoms with E-state index in [0.29, 0.717) is 5.69 Å². The van der Waals surface area contributed by atoms with Gasteiger partial charge in [0.1, 0.15) is 5.82 Å². The average molecular weight is 362 g/mol. The Morgan fingerprint density at radius 1 is 1.20 bits per heavy atom. The summed E-state index contributed by atoms with van der Waals surface area (Å²) in [7, 11) is 0. The zero-order chi connectivity index (χ0) is 18.2. The summed E-state index contributed by atoms with van der Waals surface area (Å²) in [6, 6.07) is 11.6. The van der Waals surface area contributed by atoms with E-state index in [1.165, 1.54) is 24.3 Å². The van der Waals surface area contributed by atoms with Crippen LogP contribution in [-0.2, 0) is 20.7 Å². The number of rotatable bonds is 6. The first kappa shape index (κ1) is 18.7. The number of nitrogens with one attached hydrogen (secondary N) is 1. The van der Waals surface area contributed by atoms with E-state index < -0.39 is 24.3 Å². The fourth-order valence-corrected chi connectivity index (χ4v) is 2.25.